The smallest absolute Gasteiger partial charge is 0.257 e. The molecule has 0 aliphatic rings. The molecule has 3 nitrogen and oxygen atoms in total. The first-order valence-electron chi connectivity index (χ1n) is 6.55. The SMILES string of the molecule is CCc1ccc(C(=O)NC(=S)Nc2ccc(F)cc2)cc1. The summed E-state index contributed by atoms with van der Waals surface area (Å²) in [5.74, 6) is -0.608. The molecule has 0 aromatic heterocycles. The van der Waals surface area contributed by atoms with Crippen LogP contribution in [0.15, 0.2) is 48.5 Å². The van der Waals surface area contributed by atoms with E-state index in [0.29, 0.717) is 11.3 Å². The van der Waals surface area contributed by atoms with Gasteiger partial charge in [0.2, 0.25) is 0 Å². The lowest BCUT2D eigenvalue weighted by molar-refractivity contribution is 0.0977. The van der Waals surface area contributed by atoms with E-state index in [-0.39, 0.29) is 16.8 Å². The molecule has 0 spiro atoms. The van der Waals surface area contributed by atoms with Crippen molar-refractivity contribution in [2.75, 3.05) is 5.32 Å². The predicted molar refractivity (Wildman–Crippen MR) is 85.9 cm³/mol. The van der Waals surface area contributed by atoms with Crippen molar-refractivity contribution in [1.82, 2.24) is 5.32 Å². The molecule has 0 atom stereocenters. The van der Waals surface area contributed by atoms with Crippen molar-refractivity contribution in [1.29, 1.82) is 0 Å². The maximum Gasteiger partial charge on any atom is 0.257 e. The lowest BCUT2D eigenvalue weighted by atomic mass is 10.1. The van der Waals surface area contributed by atoms with Crippen molar-refractivity contribution >= 4 is 28.9 Å². The van der Waals surface area contributed by atoms with E-state index in [4.69, 9.17) is 12.2 Å². The molecule has 2 rings (SSSR count). The highest BCUT2D eigenvalue weighted by atomic mass is 32.1. The topological polar surface area (TPSA) is 41.1 Å². The largest absolute Gasteiger partial charge is 0.332 e. The van der Waals surface area contributed by atoms with Crippen molar-refractivity contribution in [2.24, 2.45) is 0 Å². The van der Waals surface area contributed by atoms with Crippen LogP contribution in [0.1, 0.15) is 22.8 Å². The molecular formula is C16H15FN2OS. The Morgan fingerprint density at radius 1 is 1.10 bits per heavy atom. The second-order valence-electron chi connectivity index (χ2n) is 4.47. The van der Waals surface area contributed by atoms with E-state index in [0.717, 1.165) is 6.42 Å². The monoisotopic (exact) mass is 302 g/mol. The number of amides is 1. The van der Waals surface area contributed by atoms with Gasteiger partial charge in [0, 0.05) is 11.3 Å². The van der Waals surface area contributed by atoms with Gasteiger partial charge in [0.15, 0.2) is 5.11 Å². The van der Waals surface area contributed by atoms with E-state index in [1.807, 2.05) is 12.1 Å². The summed E-state index contributed by atoms with van der Waals surface area (Å²) < 4.78 is 12.8. The van der Waals surface area contributed by atoms with Crippen LogP contribution in [0.25, 0.3) is 0 Å². The second kappa shape index (κ2) is 6.95. The first-order chi connectivity index (χ1) is 10.1. The van der Waals surface area contributed by atoms with Gasteiger partial charge in [-0.3, -0.25) is 10.1 Å². The molecule has 0 fully saturated rings. The van der Waals surface area contributed by atoms with Crippen LogP contribution in [-0.2, 0) is 6.42 Å². The summed E-state index contributed by atoms with van der Waals surface area (Å²) in [4.78, 5) is 12.0. The quantitative estimate of drug-likeness (QED) is 0.852. The molecule has 0 aliphatic carbocycles. The van der Waals surface area contributed by atoms with Crippen LogP contribution in [-0.4, -0.2) is 11.0 Å². The number of nitrogens with one attached hydrogen (secondary N) is 2. The summed E-state index contributed by atoms with van der Waals surface area (Å²) in [7, 11) is 0. The number of hydrogen-bond acceptors (Lipinski definition) is 2. The standard InChI is InChI=1S/C16H15FN2OS/c1-2-11-3-5-12(6-4-11)15(20)19-16(21)18-14-9-7-13(17)8-10-14/h3-10H,2H2,1H3,(H2,18,19,20,21). The maximum absolute atomic E-state index is 12.8. The van der Waals surface area contributed by atoms with E-state index in [1.165, 1.54) is 17.7 Å². The molecule has 2 aromatic rings. The summed E-state index contributed by atoms with van der Waals surface area (Å²) in [6, 6.07) is 13.1. The van der Waals surface area contributed by atoms with Crippen molar-refractivity contribution in [3.63, 3.8) is 0 Å². The molecule has 0 heterocycles. The molecule has 0 unspecified atom stereocenters. The summed E-state index contributed by atoms with van der Waals surface area (Å²) in [5, 5.41) is 5.58. The Bertz CT molecular complexity index is 638. The lowest BCUT2D eigenvalue weighted by Gasteiger charge is -2.09. The van der Waals surface area contributed by atoms with E-state index in [2.05, 4.69) is 17.6 Å². The van der Waals surface area contributed by atoms with Gasteiger partial charge in [-0.05, 0) is 60.6 Å². The van der Waals surface area contributed by atoms with E-state index in [1.54, 1.807) is 24.3 Å². The van der Waals surface area contributed by atoms with Gasteiger partial charge in [0.05, 0.1) is 0 Å². The third kappa shape index (κ3) is 4.36. The summed E-state index contributed by atoms with van der Waals surface area (Å²) >= 11 is 5.06. The predicted octanol–water partition coefficient (Wildman–Crippen LogP) is 3.51. The minimum Gasteiger partial charge on any atom is -0.332 e. The highest BCUT2D eigenvalue weighted by Gasteiger charge is 2.07. The first-order valence-corrected chi connectivity index (χ1v) is 6.96. The molecule has 21 heavy (non-hydrogen) atoms. The zero-order valence-corrected chi connectivity index (χ0v) is 12.3. The Balaban J connectivity index is 1.95. The Labute approximate surface area is 128 Å². The molecule has 0 bridgehead atoms. The third-order valence-electron chi connectivity index (χ3n) is 2.95. The first kappa shape index (κ1) is 15.1. The maximum atomic E-state index is 12.8. The zero-order valence-electron chi connectivity index (χ0n) is 11.5. The van der Waals surface area contributed by atoms with E-state index < -0.39 is 0 Å². The van der Waals surface area contributed by atoms with Gasteiger partial charge in [0.25, 0.3) is 5.91 Å². The fourth-order valence-corrected chi connectivity index (χ4v) is 1.97. The van der Waals surface area contributed by atoms with E-state index >= 15 is 0 Å². The van der Waals surface area contributed by atoms with Crippen molar-refractivity contribution in [3.05, 3.63) is 65.5 Å². The number of carbonyl (C=O) groups is 1. The molecule has 1 amide bonds. The number of benzene rings is 2. The summed E-state index contributed by atoms with van der Waals surface area (Å²) in [6.07, 6.45) is 0.923. The highest BCUT2D eigenvalue weighted by molar-refractivity contribution is 7.80. The van der Waals surface area contributed by atoms with Gasteiger partial charge < -0.3 is 5.32 Å². The normalized spacial score (nSPS) is 10.0. The number of hydrogen-bond donors (Lipinski definition) is 2. The average Bonchev–Trinajstić information content (AvgIpc) is 2.49. The second-order valence-corrected chi connectivity index (χ2v) is 4.87. The molecular weight excluding hydrogens is 287 g/mol. The van der Waals surface area contributed by atoms with Crippen molar-refractivity contribution < 1.29 is 9.18 Å². The Morgan fingerprint density at radius 2 is 1.71 bits per heavy atom. The molecule has 0 saturated carbocycles. The van der Waals surface area contributed by atoms with Gasteiger partial charge in [-0.25, -0.2) is 4.39 Å². The van der Waals surface area contributed by atoms with Gasteiger partial charge in [-0.1, -0.05) is 19.1 Å². The van der Waals surface area contributed by atoms with Crippen LogP contribution in [0, 0.1) is 5.82 Å². The fourth-order valence-electron chi connectivity index (χ4n) is 1.76. The molecule has 5 heteroatoms. The molecule has 2 aromatic carbocycles. The highest BCUT2D eigenvalue weighted by Crippen LogP contribution is 2.08. The van der Waals surface area contributed by atoms with Crippen LogP contribution >= 0.6 is 12.2 Å². The Kier molecular flexibility index (Phi) is 5.00. The van der Waals surface area contributed by atoms with E-state index in [9.17, 15) is 9.18 Å². The minimum atomic E-state index is -0.327. The van der Waals surface area contributed by atoms with Gasteiger partial charge >= 0.3 is 0 Å². The number of rotatable bonds is 3. The number of halogens is 1. The lowest BCUT2D eigenvalue weighted by Crippen LogP contribution is -2.34. The third-order valence-corrected chi connectivity index (χ3v) is 3.16. The number of anilines is 1. The molecule has 0 radical (unpaired) electrons. The number of aryl methyl sites for hydroxylation is 1. The fraction of sp³-hybridized carbons (Fsp3) is 0.125. The van der Waals surface area contributed by atoms with Gasteiger partial charge in [-0.2, -0.15) is 0 Å². The van der Waals surface area contributed by atoms with Gasteiger partial charge in [0.1, 0.15) is 5.82 Å². The van der Waals surface area contributed by atoms with Crippen molar-refractivity contribution in [2.45, 2.75) is 13.3 Å². The molecule has 0 aliphatic heterocycles. The van der Waals surface area contributed by atoms with Gasteiger partial charge in [-0.15, -0.1) is 0 Å². The minimum absolute atomic E-state index is 0.172. The summed E-state index contributed by atoms with van der Waals surface area (Å²) in [6.45, 7) is 2.05. The summed E-state index contributed by atoms with van der Waals surface area (Å²) in [5.41, 5.74) is 2.32. The number of carbonyl (C=O) groups excluding carboxylic acids is 1. The molecule has 108 valence electrons. The average molecular weight is 302 g/mol. The Morgan fingerprint density at radius 3 is 2.29 bits per heavy atom. The van der Waals surface area contributed by atoms with Crippen LogP contribution in [0.2, 0.25) is 0 Å². The Hall–Kier alpha value is -2.27. The zero-order chi connectivity index (χ0) is 15.2. The molecule has 0 saturated heterocycles. The van der Waals surface area contributed by atoms with Crippen LogP contribution in [0.4, 0.5) is 10.1 Å². The number of thiocarbonyl (C=S) groups is 1. The van der Waals surface area contributed by atoms with Crippen LogP contribution < -0.4 is 10.6 Å². The van der Waals surface area contributed by atoms with Crippen molar-refractivity contribution in [3.8, 4) is 0 Å². The van der Waals surface area contributed by atoms with Crippen LogP contribution in [0.5, 0.6) is 0 Å². The van der Waals surface area contributed by atoms with Crippen LogP contribution in [0.3, 0.4) is 0 Å². The molecule has 2 N–H and O–H groups in total.